The Labute approximate surface area is 154 Å². The Morgan fingerprint density at radius 1 is 1.38 bits per heavy atom. The molecule has 138 valence electrons. The number of benzene rings is 1. The van der Waals surface area contributed by atoms with Gasteiger partial charge in [0.2, 0.25) is 5.91 Å². The fourth-order valence-corrected chi connectivity index (χ4v) is 4.41. The molecular weight excluding hydrogens is 326 g/mol. The van der Waals surface area contributed by atoms with E-state index in [0.29, 0.717) is 6.42 Å². The highest BCUT2D eigenvalue weighted by Gasteiger charge is 2.42. The van der Waals surface area contributed by atoms with Crippen molar-refractivity contribution >= 4 is 22.8 Å². The Hall–Kier alpha value is -2.50. The molecule has 3 N–H and O–H groups in total. The molecule has 6 heteroatoms. The molecule has 2 aliphatic rings. The van der Waals surface area contributed by atoms with E-state index in [1.165, 1.54) is 16.5 Å². The molecule has 1 aromatic carbocycles. The number of nitrogens with one attached hydrogen (secondary N) is 3. The maximum atomic E-state index is 11.7. The van der Waals surface area contributed by atoms with Crippen LogP contribution in [-0.2, 0) is 11.2 Å². The third-order valence-corrected chi connectivity index (χ3v) is 5.72. The SMILES string of the molecule is CN=C(NCCc1c[nH]c2ccccc12)N1CCCC2(CNC(=O)C2)C1. The highest BCUT2D eigenvalue weighted by molar-refractivity contribution is 5.84. The zero-order valence-corrected chi connectivity index (χ0v) is 15.3. The average Bonchev–Trinajstić information content (AvgIpc) is 3.22. The summed E-state index contributed by atoms with van der Waals surface area (Å²) in [5.41, 5.74) is 2.59. The van der Waals surface area contributed by atoms with E-state index in [-0.39, 0.29) is 11.3 Å². The molecular formula is C20H27N5O. The molecule has 2 saturated heterocycles. The predicted molar refractivity (Wildman–Crippen MR) is 104 cm³/mol. The molecule has 1 atom stereocenters. The summed E-state index contributed by atoms with van der Waals surface area (Å²) in [5.74, 6) is 1.14. The molecule has 0 aliphatic carbocycles. The fraction of sp³-hybridized carbons (Fsp3) is 0.500. The van der Waals surface area contributed by atoms with Crippen molar-refractivity contribution in [2.45, 2.75) is 25.7 Å². The van der Waals surface area contributed by atoms with Gasteiger partial charge < -0.3 is 20.5 Å². The molecule has 1 unspecified atom stereocenters. The number of carbonyl (C=O) groups is 1. The lowest BCUT2D eigenvalue weighted by Gasteiger charge is -2.40. The van der Waals surface area contributed by atoms with Gasteiger partial charge in [-0.3, -0.25) is 9.79 Å². The summed E-state index contributed by atoms with van der Waals surface area (Å²) in [4.78, 5) is 21.8. The van der Waals surface area contributed by atoms with Crippen LogP contribution in [-0.4, -0.2) is 55.0 Å². The Morgan fingerprint density at radius 2 is 2.27 bits per heavy atom. The van der Waals surface area contributed by atoms with E-state index >= 15 is 0 Å². The molecule has 3 heterocycles. The smallest absolute Gasteiger partial charge is 0.220 e. The van der Waals surface area contributed by atoms with Gasteiger partial charge >= 0.3 is 0 Å². The molecule has 26 heavy (non-hydrogen) atoms. The number of aromatic nitrogens is 1. The van der Waals surface area contributed by atoms with Crippen molar-refractivity contribution in [2.24, 2.45) is 10.4 Å². The third kappa shape index (κ3) is 3.28. The topological polar surface area (TPSA) is 72.5 Å². The number of amides is 1. The molecule has 0 saturated carbocycles. The van der Waals surface area contributed by atoms with Crippen LogP contribution in [0.5, 0.6) is 0 Å². The van der Waals surface area contributed by atoms with Gasteiger partial charge in [0.1, 0.15) is 0 Å². The second kappa shape index (κ2) is 7.02. The van der Waals surface area contributed by atoms with Crippen LogP contribution in [0.3, 0.4) is 0 Å². The number of para-hydroxylation sites is 1. The van der Waals surface area contributed by atoms with E-state index < -0.39 is 0 Å². The lowest BCUT2D eigenvalue weighted by Crippen LogP contribution is -2.51. The Morgan fingerprint density at radius 3 is 3.08 bits per heavy atom. The lowest BCUT2D eigenvalue weighted by molar-refractivity contribution is -0.119. The van der Waals surface area contributed by atoms with Gasteiger partial charge in [-0.05, 0) is 30.9 Å². The zero-order chi connectivity index (χ0) is 18.0. The van der Waals surface area contributed by atoms with Crippen LogP contribution in [0.25, 0.3) is 10.9 Å². The van der Waals surface area contributed by atoms with Crippen molar-refractivity contribution in [2.75, 3.05) is 33.2 Å². The van der Waals surface area contributed by atoms with Gasteiger partial charge in [-0.25, -0.2) is 0 Å². The van der Waals surface area contributed by atoms with E-state index in [9.17, 15) is 4.79 Å². The molecule has 0 radical (unpaired) electrons. The van der Waals surface area contributed by atoms with Gasteiger partial charge in [0.05, 0.1) is 0 Å². The maximum Gasteiger partial charge on any atom is 0.220 e. The minimum absolute atomic E-state index is 0.0871. The second-order valence-corrected chi connectivity index (χ2v) is 7.56. The highest BCUT2D eigenvalue weighted by atomic mass is 16.1. The van der Waals surface area contributed by atoms with Crippen LogP contribution in [0.4, 0.5) is 0 Å². The number of likely N-dealkylation sites (tertiary alicyclic amines) is 1. The number of guanidine groups is 1. The monoisotopic (exact) mass is 353 g/mol. The van der Waals surface area contributed by atoms with E-state index in [0.717, 1.165) is 51.4 Å². The minimum Gasteiger partial charge on any atom is -0.361 e. The first kappa shape index (κ1) is 16.9. The first-order valence-electron chi connectivity index (χ1n) is 9.46. The molecule has 1 spiro atoms. The van der Waals surface area contributed by atoms with E-state index in [2.05, 4.69) is 56.0 Å². The molecule has 1 amide bonds. The number of H-pyrrole nitrogens is 1. The van der Waals surface area contributed by atoms with E-state index in [4.69, 9.17) is 0 Å². The standard InChI is InChI=1S/C20H27N5O/c1-21-19(25-10-4-8-20(14-25)11-18(26)24-13-20)22-9-7-15-12-23-17-6-3-2-5-16(15)17/h2-3,5-6,12,23H,4,7-11,13-14H2,1H3,(H,21,22)(H,24,26). The van der Waals surface area contributed by atoms with E-state index in [1.54, 1.807) is 0 Å². The van der Waals surface area contributed by atoms with Gasteiger partial charge in [-0.2, -0.15) is 0 Å². The maximum absolute atomic E-state index is 11.7. The van der Waals surface area contributed by atoms with Crippen LogP contribution in [0.15, 0.2) is 35.5 Å². The summed E-state index contributed by atoms with van der Waals surface area (Å²) in [5, 5.41) is 7.81. The second-order valence-electron chi connectivity index (χ2n) is 7.56. The third-order valence-electron chi connectivity index (χ3n) is 5.72. The van der Waals surface area contributed by atoms with Crippen LogP contribution >= 0.6 is 0 Å². The normalized spacial score (nSPS) is 23.7. The molecule has 0 bridgehead atoms. The first-order chi connectivity index (χ1) is 12.7. The van der Waals surface area contributed by atoms with E-state index in [1.807, 2.05) is 7.05 Å². The highest BCUT2D eigenvalue weighted by Crippen LogP contribution is 2.35. The Balaban J connectivity index is 1.36. The molecule has 2 aromatic rings. The number of nitrogens with zero attached hydrogens (tertiary/aromatic N) is 2. The zero-order valence-electron chi connectivity index (χ0n) is 15.3. The summed E-state index contributed by atoms with van der Waals surface area (Å²) in [6.45, 7) is 3.55. The lowest BCUT2D eigenvalue weighted by atomic mass is 9.79. The van der Waals surface area contributed by atoms with Crippen LogP contribution in [0, 0.1) is 5.41 Å². The van der Waals surface area contributed by atoms with Crippen molar-refractivity contribution in [3.63, 3.8) is 0 Å². The first-order valence-corrected chi connectivity index (χ1v) is 9.46. The number of hydrogen-bond donors (Lipinski definition) is 3. The minimum atomic E-state index is 0.0871. The summed E-state index contributed by atoms with van der Waals surface area (Å²) in [6, 6.07) is 8.40. The predicted octanol–water partition coefficient (Wildman–Crippen LogP) is 1.89. The molecule has 2 aliphatic heterocycles. The van der Waals surface area contributed by atoms with Crippen molar-refractivity contribution in [3.05, 3.63) is 36.0 Å². The number of hydrogen-bond acceptors (Lipinski definition) is 2. The van der Waals surface area contributed by atoms with Gasteiger partial charge in [0, 0.05) is 62.2 Å². The van der Waals surface area contributed by atoms with Crippen LogP contribution in [0.1, 0.15) is 24.8 Å². The van der Waals surface area contributed by atoms with Crippen LogP contribution in [0.2, 0.25) is 0 Å². The molecule has 1 aromatic heterocycles. The summed E-state index contributed by atoms with van der Waals surface area (Å²) in [6.07, 6.45) is 5.92. The van der Waals surface area contributed by atoms with Gasteiger partial charge in [-0.15, -0.1) is 0 Å². The van der Waals surface area contributed by atoms with Crippen molar-refractivity contribution < 1.29 is 4.79 Å². The summed E-state index contributed by atoms with van der Waals surface area (Å²) < 4.78 is 0. The number of carbonyl (C=O) groups excluding carboxylic acids is 1. The van der Waals surface area contributed by atoms with Gasteiger partial charge in [-0.1, -0.05) is 18.2 Å². The largest absolute Gasteiger partial charge is 0.361 e. The molecule has 2 fully saturated rings. The number of fused-ring (bicyclic) bond motifs is 1. The van der Waals surface area contributed by atoms with Crippen molar-refractivity contribution in [1.29, 1.82) is 0 Å². The summed E-state index contributed by atoms with van der Waals surface area (Å²) >= 11 is 0. The van der Waals surface area contributed by atoms with Gasteiger partial charge in [0.15, 0.2) is 5.96 Å². The Bertz CT molecular complexity index is 826. The summed E-state index contributed by atoms with van der Waals surface area (Å²) in [7, 11) is 1.84. The number of rotatable bonds is 3. The Kier molecular flexibility index (Phi) is 4.57. The molecule has 6 nitrogen and oxygen atoms in total. The van der Waals surface area contributed by atoms with Crippen LogP contribution < -0.4 is 10.6 Å². The quantitative estimate of drug-likeness (QED) is 0.583. The van der Waals surface area contributed by atoms with Gasteiger partial charge in [0.25, 0.3) is 0 Å². The number of aromatic amines is 1. The van der Waals surface area contributed by atoms with Crippen molar-refractivity contribution in [3.8, 4) is 0 Å². The van der Waals surface area contributed by atoms with Crippen molar-refractivity contribution in [1.82, 2.24) is 20.5 Å². The number of aliphatic imine (C=N–C) groups is 1. The fourth-order valence-electron chi connectivity index (χ4n) is 4.41. The number of piperidine rings is 1. The average molecular weight is 353 g/mol. The molecule has 4 rings (SSSR count).